The van der Waals surface area contributed by atoms with Gasteiger partial charge in [0, 0.05) is 0 Å². The third-order valence-corrected chi connectivity index (χ3v) is 0. The summed E-state index contributed by atoms with van der Waals surface area (Å²) in [5, 5.41) is 0. The van der Waals surface area contributed by atoms with Gasteiger partial charge in [-0.15, -0.1) is 0 Å². The maximum absolute atomic E-state index is 8.55. The molecular weight excluding hydrogens is 164 g/mol. The van der Waals surface area contributed by atoms with Gasteiger partial charge in [-0.2, -0.15) is 7.82 Å². The van der Waals surface area contributed by atoms with E-state index in [0.29, 0.717) is 0 Å². The summed E-state index contributed by atoms with van der Waals surface area (Å²) in [7, 11) is -5.39. The molecule has 0 spiro atoms. The first-order valence-electron chi connectivity index (χ1n) is 0.730. The van der Waals surface area contributed by atoms with Crippen molar-refractivity contribution in [2.24, 2.45) is 0 Å². The Bertz CT molecular complexity index is 61.9. The van der Waals surface area contributed by atoms with E-state index in [0.717, 1.165) is 0 Å². The molecule has 0 radical (unpaired) electrons. The molecule has 0 amide bonds. The van der Waals surface area contributed by atoms with E-state index in [9.17, 15) is 0 Å². The van der Waals surface area contributed by atoms with Crippen LogP contribution < -0.4 is 103 Å². The minimum Gasteiger partial charge on any atom is -0.822 e. The molecule has 0 rings (SSSR count). The summed E-state index contributed by atoms with van der Waals surface area (Å²) in [6.07, 6.45) is 0. The van der Waals surface area contributed by atoms with Crippen LogP contribution in [0.5, 0.6) is 0 Å². The predicted molar refractivity (Wildman–Crippen MR) is 8.72 cm³/mol. The minimum absolute atomic E-state index is 0. The van der Waals surface area contributed by atoms with Gasteiger partial charge in [0.05, 0.1) is 0 Å². The van der Waals surface area contributed by atoms with E-state index in [1.165, 1.54) is 0 Å². The third-order valence-electron chi connectivity index (χ3n) is 0. The molecule has 0 aromatic heterocycles. The van der Waals surface area contributed by atoms with Crippen LogP contribution in [0.2, 0.25) is 0 Å². The van der Waals surface area contributed by atoms with Gasteiger partial charge in [-0.1, -0.05) is 0 Å². The second-order valence-electron chi connectivity index (χ2n) is 0.447. The van der Waals surface area contributed by atoms with E-state index < -0.39 is 7.82 Å². The van der Waals surface area contributed by atoms with Crippen LogP contribution in [0.4, 0.5) is 0 Å². The fraction of sp³-hybridized carbons (Fsp3) is 0. The maximum Gasteiger partial charge on any atom is 1.00 e. The SMILES string of the molecule is O=P([O-])([O-])[O-].[H+].[Na+].[Na+].[Na+]. The van der Waals surface area contributed by atoms with Crippen molar-refractivity contribution in [2.75, 3.05) is 0 Å². The van der Waals surface area contributed by atoms with Crippen LogP contribution in [0.3, 0.4) is 0 Å². The zero-order valence-corrected chi connectivity index (χ0v) is 12.0. The van der Waals surface area contributed by atoms with E-state index in [4.69, 9.17) is 19.2 Å². The number of hydrogen-bond donors (Lipinski definition) is 0. The van der Waals surface area contributed by atoms with Crippen molar-refractivity contribution in [1.82, 2.24) is 0 Å². The van der Waals surface area contributed by atoms with Gasteiger partial charge in [0.25, 0.3) is 0 Å². The van der Waals surface area contributed by atoms with Crippen LogP contribution in [0.1, 0.15) is 1.43 Å². The molecule has 8 heavy (non-hydrogen) atoms. The van der Waals surface area contributed by atoms with E-state index in [2.05, 4.69) is 0 Å². The predicted octanol–water partition coefficient (Wildman–Crippen LogP) is -11.7. The molecule has 0 aliphatic heterocycles. The second-order valence-corrected chi connectivity index (χ2v) is 1.34. The summed E-state index contributed by atoms with van der Waals surface area (Å²) >= 11 is 0. The molecule has 0 unspecified atom stereocenters. The van der Waals surface area contributed by atoms with Crippen LogP contribution in [-0.2, 0) is 4.57 Å². The molecule has 8 heteroatoms. The summed E-state index contributed by atoms with van der Waals surface area (Å²) in [5.41, 5.74) is 0. The molecule has 0 fully saturated rings. The Morgan fingerprint density at radius 3 is 1.00 bits per heavy atom. The molecule has 4 nitrogen and oxygen atoms in total. The zero-order valence-electron chi connectivity index (χ0n) is 6.08. The van der Waals surface area contributed by atoms with E-state index in [1.807, 2.05) is 0 Å². The van der Waals surface area contributed by atoms with Crippen LogP contribution >= 0.6 is 7.82 Å². The Hall–Kier alpha value is 3.11. The van der Waals surface area contributed by atoms with Crippen LogP contribution in [0, 0.1) is 0 Å². The van der Waals surface area contributed by atoms with Crippen molar-refractivity contribution in [3.05, 3.63) is 0 Å². The fourth-order valence-corrected chi connectivity index (χ4v) is 0. The number of phosphoric acid groups is 1. The molecule has 0 aliphatic rings. The second kappa shape index (κ2) is 10.1. The maximum atomic E-state index is 8.55. The van der Waals surface area contributed by atoms with Crippen LogP contribution in [0.15, 0.2) is 0 Å². The molecule has 0 bridgehead atoms. The van der Waals surface area contributed by atoms with Crippen molar-refractivity contribution >= 4 is 7.82 Å². The third kappa shape index (κ3) is 61.9. The van der Waals surface area contributed by atoms with Gasteiger partial charge in [0.15, 0.2) is 0 Å². The summed E-state index contributed by atoms with van der Waals surface area (Å²) in [5.74, 6) is 0. The van der Waals surface area contributed by atoms with Crippen molar-refractivity contribution in [2.45, 2.75) is 0 Å². The van der Waals surface area contributed by atoms with Crippen molar-refractivity contribution in [3.8, 4) is 0 Å². The largest absolute Gasteiger partial charge is 1.00 e. The molecule has 0 saturated carbocycles. The first-order valence-corrected chi connectivity index (χ1v) is 2.19. The van der Waals surface area contributed by atoms with Crippen molar-refractivity contribution in [1.29, 1.82) is 0 Å². The molecule has 0 atom stereocenters. The summed E-state index contributed by atoms with van der Waals surface area (Å²) in [4.78, 5) is 25.6. The Morgan fingerprint density at radius 2 is 1.00 bits per heavy atom. The van der Waals surface area contributed by atoms with Crippen LogP contribution in [0.25, 0.3) is 0 Å². The van der Waals surface area contributed by atoms with E-state index in [1.54, 1.807) is 0 Å². The van der Waals surface area contributed by atoms with Gasteiger partial charge in [0.1, 0.15) is 0 Å². The summed E-state index contributed by atoms with van der Waals surface area (Å²) in [6.45, 7) is 0. The number of hydrogen-bond acceptors (Lipinski definition) is 4. The van der Waals surface area contributed by atoms with Crippen molar-refractivity contribution in [3.63, 3.8) is 0 Å². The molecule has 0 saturated heterocycles. The average molecular weight is 165 g/mol. The molecule has 32 valence electrons. The minimum atomic E-state index is -5.39. The first kappa shape index (κ1) is 22.5. The molecule has 0 aromatic carbocycles. The van der Waals surface area contributed by atoms with Crippen molar-refractivity contribution < 1.29 is 109 Å². The average Bonchev–Trinajstić information content (AvgIpc) is 0.722. The zero-order chi connectivity index (χ0) is 4.50. The molecule has 0 heterocycles. The smallest absolute Gasteiger partial charge is 0.822 e. The monoisotopic (exact) mass is 165 g/mol. The quantitative estimate of drug-likeness (QED) is 0.263. The first-order chi connectivity index (χ1) is 2.00. The van der Waals surface area contributed by atoms with Gasteiger partial charge < -0.3 is 19.2 Å². The van der Waals surface area contributed by atoms with E-state index >= 15 is 0 Å². The molecule has 0 aromatic rings. The van der Waals surface area contributed by atoms with Gasteiger partial charge >= 0.3 is 90.1 Å². The van der Waals surface area contributed by atoms with Gasteiger partial charge in [0.2, 0.25) is 0 Å². The number of rotatable bonds is 0. The van der Waals surface area contributed by atoms with Gasteiger partial charge in [-0.05, 0) is 0 Å². The van der Waals surface area contributed by atoms with Gasteiger partial charge in [-0.25, -0.2) is 0 Å². The summed E-state index contributed by atoms with van der Waals surface area (Å²) < 4.78 is 8.55. The Balaban J connectivity index is -0.0000000133. The Kier molecular flexibility index (Phi) is 28.4. The topological polar surface area (TPSA) is 86.2 Å². The molecular formula is HNa3O4P+. The fourth-order valence-electron chi connectivity index (χ4n) is 0. The normalized spacial score (nSPS) is 7.38. The van der Waals surface area contributed by atoms with Crippen LogP contribution in [-0.4, -0.2) is 0 Å². The summed E-state index contributed by atoms with van der Waals surface area (Å²) in [6, 6.07) is 0. The molecule has 0 aliphatic carbocycles. The molecule has 0 N–H and O–H groups in total. The van der Waals surface area contributed by atoms with E-state index in [-0.39, 0.29) is 90.1 Å². The Labute approximate surface area is 115 Å². The Morgan fingerprint density at radius 1 is 1.00 bits per heavy atom. The van der Waals surface area contributed by atoms with Gasteiger partial charge in [-0.3, -0.25) is 0 Å². The standard InChI is InChI=1S/3Na.H3O4P/c;;;1-5(2,3)4/h;;;(H3,1,2,3,4)/q3*+1;/p-2.